The van der Waals surface area contributed by atoms with Gasteiger partial charge in [0.1, 0.15) is 0 Å². The average molecular weight is 345 g/mol. The molecule has 1 aromatic rings. The molecule has 0 radical (unpaired) electrons. The molecule has 0 aromatic heterocycles. The second kappa shape index (κ2) is 4.76. The van der Waals surface area contributed by atoms with Crippen molar-refractivity contribution in [3.63, 3.8) is 0 Å². The monoisotopic (exact) mass is 343 g/mol. The van der Waals surface area contributed by atoms with Gasteiger partial charge in [-0.1, -0.05) is 65.1 Å². The fraction of sp³-hybridized carbons (Fsp3) is 0.455. The normalized spacial score (nSPS) is 29.0. The van der Waals surface area contributed by atoms with Crippen LogP contribution < -0.4 is 0 Å². The fourth-order valence-corrected chi connectivity index (χ4v) is 5.26. The Morgan fingerprint density at radius 1 is 1.32 bits per heavy atom. The van der Waals surface area contributed by atoms with Crippen molar-refractivity contribution < 1.29 is 13.0 Å². The van der Waals surface area contributed by atoms with E-state index in [1.165, 1.54) is 0 Å². The van der Waals surface area contributed by atoms with E-state index in [4.69, 9.17) is 34.8 Å². The van der Waals surface area contributed by atoms with Gasteiger partial charge in [-0.15, -0.1) is 0 Å². The second-order valence-electron chi connectivity index (χ2n) is 4.58. The molecule has 4 nitrogen and oxygen atoms in total. The van der Waals surface area contributed by atoms with Gasteiger partial charge in [0.25, 0.3) is 10.1 Å². The van der Waals surface area contributed by atoms with Crippen LogP contribution in [0, 0.1) is 0 Å². The minimum Gasteiger partial charge on any atom is -0.292 e. The summed E-state index contributed by atoms with van der Waals surface area (Å²) in [7, 11) is -2.83. The van der Waals surface area contributed by atoms with Gasteiger partial charge in [-0.05, 0) is 12.6 Å². The third-order valence-corrected chi connectivity index (χ3v) is 5.74. The number of nitrogens with zero attached hydrogens (tertiary/aromatic N) is 1. The molecule has 1 N–H and O–H groups in total. The SMILES string of the molecule is CN1CC1(c1ccccc1)C(C(Cl)(Cl)Cl)S(=O)(=O)O. The number of rotatable bonds is 3. The predicted molar refractivity (Wildman–Crippen MR) is 76.4 cm³/mol. The molecule has 19 heavy (non-hydrogen) atoms. The summed E-state index contributed by atoms with van der Waals surface area (Å²) in [6, 6.07) is 8.83. The van der Waals surface area contributed by atoms with Gasteiger partial charge in [-0.3, -0.25) is 9.45 Å². The molecule has 1 fully saturated rings. The molecule has 1 heterocycles. The van der Waals surface area contributed by atoms with E-state index in [0.717, 1.165) is 0 Å². The van der Waals surface area contributed by atoms with Gasteiger partial charge in [-0.2, -0.15) is 8.42 Å². The van der Waals surface area contributed by atoms with Crippen molar-refractivity contribution in [3.8, 4) is 0 Å². The standard InChI is InChI=1S/C11H12Cl3NO3S/c1-15-7-10(15,8-5-3-2-4-6-8)9(11(12,13)14)19(16,17)18/h2-6,9H,7H2,1H3,(H,16,17,18). The van der Waals surface area contributed by atoms with Gasteiger partial charge in [0.15, 0.2) is 5.25 Å². The van der Waals surface area contributed by atoms with E-state index < -0.39 is 24.7 Å². The van der Waals surface area contributed by atoms with Crippen molar-refractivity contribution in [2.75, 3.05) is 13.6 Å². The molecule has 106 valence electrons. The first-order chi connectivity index (χ1) is 8.60. The van der Waals surface area contributed by atoms with Crippen LogP contribution in [0.4, 0.5) is 0 Å². The van der Waals surface area contributed by atoms with Crippen LogP contribution in [0.2, 0.25) is 0 Å². The lowest BCUT2D eigenvalue weighted by atomic mass is 9.95. The molecule has 8 heteroatoms. The highest BCUT2D eigenvalue weighted by atomic mass is 35.6. The zero-order chi connectivity index (χ0) is 14.5. The van der Waals surface area contributed by atoms with E-state index in [-0.39, 0.29) is 0 Å². The Balaban J connectivity index is 2.58. The number of alkyl halides is 3. The maximum atomic E-state index is 11.7. The molecule has 0 amide bonds. The lowest BCUT2D eigenvalue weighted by Crippen LogP contribution is -2.46. The molecule has 0 spiro atoms. The smallest absolute Gasteiger partial charge is 0.274 e. The molecule has 2 rings (SSSR count). The Kier molecular flexibility index (Phi) is 3.84. The zero-order valence-electron chi connectivity index (χ0n) is 9.92. The number of benzene rings is 1. The highest BCUT2D eigenvalue weighted by Gasteiger charge is 2.66. The Hall–Kier alpha value is -0.0400. The molecule has 0 bridgehead atoms. The van der Waals surface area contributed by atoms with Gasteiger partial charge in [0, 0.05) is 6.54 Å². The van der Waals surface area contributed by atoms with Crippen molar-refractivity contribution in [1.82, 2.24) is 4.90 Å². The van der Waals surface area contributed by atoms with E-state index >= 15 is 0 Å². The summed E-state index contributed by atoms with van der Waals surface area (Å²) in [5.41, 5.74) is -0.327. The number of likely N-dealkylation sites (N-methyl/N-ethyl adjacent to an activating group) is 1. The molecule has 1 aromatic carbocycles. The summed E-state index contributed by atoms with van der Waals surface area (Å²) in [5.74, 6) is 0. The summed E-state index contributed by atoms with van der Waals surface area (Å²) < 4.78 is 30.6. The summed E-state index contributed by atoms with van der Waals surface area (Å²) >= 11 is 17.4. The van der Waals surface area contributed by atoms with Crippen LogP contribution in [-0.2, 0) is 15.7 Å². The average Bonchev–Trinajstić information content (AvgIpc) is 2.87. The van der Waals surface area contributed by atoms with E-state index in [9.17, 15) is 13.0 Å². The molecular weight excluding hydrogens is 333 g/mol. The van der Waals surface area contributed by atoms with Gasteiger partial charge in [-0.25, -0.2) is 0 Å². The topological polar surface area (TPSA) is 57.4 Å². The Labute approximate surface area is 127 Å². The number of halogens is 3. The first-order valence-corrected chi connectivity index (χ1v) is 8.03. The molecule has 1 aliphatic heterocycles. The number of hydrogen-bond acceptors (Lipinski definition) is 3. The molecule has 1 saturated heterocycles. The van der Waals surface area contributed by atoms with Crippen molar-refractivity contribution in [2.24, 2.45) is 0 Å². The van der Waals surface area contributed by atoms with Gasteiger partial charge in [0.05, 0.1) is 5.54 Å². The quantitative estimate of drug-likeness (QED) is 0.520. The predicted octanol–water partition coefficient (Wildman–Crippen LogP) is 2.45. The molecule has 0 saturated carbocycles. The fourth-order valence-electron chi connectivity index (χ4n) is 2.49. The van der Waals surface area contributed by atoms with Crippen LogP contribution in [0.3, 0.4) is 0 Å². The summed E-state index contributed by atoms with van der Waals surface area (Å²) in [6.45, 7) is 0.384. The van der Waals surface area contributed by atoms with Crippen LogP contribution in [0.15, 0.2) is 30.3 Å². The van der Waals surface area contributed by atoms with Crippen LogP contribution in [0.25, 0.3) is 0 Å². The van der Waals surface area contributed by atoms with E-state index in [0.29, 0.717) is 12.1 Å². The third kappa shape index (κ3) is 2.73. The summed E-state index contributed by atoms with van der Waals surface area (Å²) in [4.78, 5) is 1.72. The van der Waals surface area contributed by atoms with Crippen LogP contribution in [0.5, 0.6) is 0 Å². The van der Waals surface area contributed by atoms with Gasteiger partial charge in [0.2, 0.25) is 3.79 Å². The first-order valence-electron chi connectivity index (χ1n) is 5.40. The molecular formula is C11H12Cl3NO3S. The van der Waals surface area contributed by atoms with Crippen molar-refractivity contribution in [3.05, 3.63) is 35.9 Å². The van der Waals surface area contributed by atoms with Crippen molar-refractivity contribution in [1.29, 1.82) is 0 Å². The second-order valence-corrected chi connectivity index (χ2v) is 8.45. The Bertz CT molecular complexity index is 573. The van der Waals surface area contributed by atoms with E-state index in [1.54, 1.807) is 42.3 Å². The van der Waals surface area contributed by atoms with Crippen molar-refractivity contribution >= 4 is 44.9 Å². The van der Waals surface area contributed by atoms with Gasteiger partial charge < -0.3 is 0 Å². The van der Waals surface area contributed by atoms with Crippen LogP contribution in [0.1, 0.15) is 5.56 Å². The highest BCUT2D eigenvalue weighted by molar-refractivity contribution is 7.86. The maximum absolute atomic E-state index is 11.7. The minimum atomic E-state index is -4.54. The third-order valence-electron chi connectivity index (χ3n) is 3.36. The maximum Gasteiger partial charge on any atom is 0.274 e. The Morgan fingerprint density at radius 3 is 2.11 bits per heavy atom. The first kappa shape index (κ1) is 15.4. The van der Waals surface area contributed by atoms with Crippen LogP contribution in [-0.4, -0.2) is 40.5 Å². The lowest BCUT2D eigenvalue weighted by molar-refractivity contribution is 0.404. The minimum absolute atomic E-state index is 0.384. The Morgan fingerprint density at radius 2 is 1.79 bits per heavy atom. The van der Waals surface area contributed by atoms with Crippen LogP contribution >= 0.6 is 34.8 Å². The molecule has 3 atom stereocenters. The number of hydrogen-bond donors (Lipinski definition) is 1. The lowest BCUT2D eigenvalue weighted by Gasteiger charge is -2.30. The molecule has 1 aliphatic rings. The summed E-state index contributed by atoms with van der Waals surface area (Å²) in [6.07, 6.45) is 0. The van der Waals surface area contributed by atoms with Crippen molar-refractivity contribution in [2.45, 2.75) is 14.6 Å². The summed E-state index contributed by atoms with van der Waals surface area (Å²) in [5, 5.41) is -1.55. The van der Waals surface area contributed by atoms with E-state index in [1.807, 2.05) is 0 Å². The molecule has 0 aliphatic carbocycles. The largest absolute Gasteiger partial charge is 0.292 e. The molecule has 3 unspecified atom stereocenters. The zero-order valence-corrected chi connectivity index (χ0v) is 13.0. The van der Waals surface area contributed by atoms with E-state index in [2.05, 4.69) is 0 Å². The highest BCUT2D eigenvalue weighted by Crippen LogP contribution is 2.53. The van der Waals surface area contributed by atoms with Gasteiger partial charge >= 0.3 is 0 Å².